The number of likely N-dealkylation sites (tertiary alicyclic amines) is 1. The van der Waals surface area contributed by atoms with E-state index in [9.17, 15) is 9.59 Å². The second-order valence-corrected chi connectivity index (χ2v) is 9.15. The number of nitrogens with one attached hydrogen (secondary N) is 1. The minimum atomic E-state index is -0.419. The van der Waals surface area contributed by atoms with E-state index < -0.39 is 6.04 Å². The van der Waals surface area contributed by atoms with Crippen LogP contribution in [0.5, 0.6) is 5.75 Å². The fourth-order valence-electron chi connectivity index (χ4n) is 5.58. The van der Waals surface area contributed by atoms with E-state index in [2.05, 4.69) is 16.8 Å². The molecule has 160 valence electrons. The predicted molar refractivity (Wildman–Crippen MR) is 114 cm³/mol. The van der Waals surface area contributed by atoms with Gasteiger partial charge in [-0.05, 0) is 81.8 Å². The van der Waals surface area contributed by atoms with E-state index >= 15 is 0 Å². The van der Waals surface area contributed by atoms with Crippen molar-refractivity contribution in [3.8, 4) is 5.75 Å². The first-order chi connectivity index (χ1) is 14.6. The van der Waals surface area contributed by atoms with Gasteiger partial charge in [0.15, 0.2) is 0 Å². The number of hydrogen-bond acceptors (Lipinski definition) is 4. The number of benzene rings is 1. The number of rotatable bonds is 4. The Labute approximate surface area is 178 Å². The van der Waals surface area contributed by atoms with Crippen LogP contribution in [-0.2, 0) is 11.3 Å². The number of fused-ring (bicyclic) bond motifs is 1. The highest BCUT2D eigenvalue weighted by molar-refractivity contribution is 6.01. The van der Waals surface area contributed by atoms with E-state index in [1.54, 1.807) is 4.90 Å². The molecule has 3 fully saturated rings. The molecule has 1 aliphatic carbocycles. The Balaban J connectivity index is 1.30. The van der Waals surface area contributed by atoms with Gasteiger partial charge in [-0.1, -0.05) is 13.0 Å². The third kappa shape index (κ3) is 3.62. The summed E-state index contributed by atoms with van der Waals surface area (Å²) in [5.41, 5.74) is 2.39. The summed E-state index contributed by atoms with van der Waals surface area (Å²) in [7, 11) is 0. The number of allylic oxidation sites excluding steroid dienone is 1. The average molecular weight is 410 g/mol. The molecule has 6 nitrogen and oxygen atoms in total. The minimum Gasteiger partial charge on any atom is -0.489 e. The first-order valence-electron chi connectivity index (χ1n) is 11.4. The fourth-order valence-corrected chi connectivity index (χ4v) is 5.58. The quantitative estimate of drug-likeness (QED) is 0.830. The van der Waals surface area contributed by atoms with Crippen molar-refractivity contribution in [1.82, 2.24) is 15.1 Å². The van der Waals surface area contributed by atoms with Gasteiger partial charge in [-0.2, -0.15) is 0 Å². The zero-order valence-electron chi connectivity index (χ0n) is 17.6. The van der Waals surface area contributed by atoms with Gasteiger partial charge in [0, 0.05) is 23.8 Å². The summed E-state index contributed by atoms with van der Waals surface area (Å²) in [6, 6.07) is 5.91. The highest BCUT2D eigenvalue weighted by atomic mass is 16.5. The highest BCUT2D eigenvalue weighted by Gasteiger charge is 2.38. The summed E-state index contributed by atoms with van der Waals surface area (Å²) in [5.74, 6) is 0.664. The van der Waals surface area contributed by atoms with Crippen molar-refractivity contribution in [2.75, 3.05) is 13.1 Å². The first-order valence-corrected chi connectivity index (χ1v) is 11.4. The summed E-state index contributed by atoms with van der Waals surface area (Å²) < 4.78 is 6.49. The van der Waals surface area contributed by atoms with Gasteiger partial charge >= 0.3 is 0 Å². The normalized spacial score (nSPS) is 29.8. The van der Waals surface area contributed by atoms with Crippen LogP contribution in [0, 0.1) is 0 Å². The Hall–Kier alpha value is -2.34. The second kappa shape index (κ2) is 8.06. The van der Waals surface area contributed by atoms with Crippen LogP contribution in [-0.4, -0.2) is 52.9 Å². The van der Waals surface area contributed by atoms with Gasteiger partial charge in [0.2, 0.25) is 5.91 Å². The molecule has 0 spiro atoms. The van der Waals surface area contributed by atoms with Crippen molar-refractivity contribution in [2.24, 2.45) is 0 Å². The van der Waals surface area contributed by atoms with E-state index in [-0.39, 0.29) is 17.9 Å². The van der Waals surface area contributed by atoms with Crippen molar-refractivity contribution in [3.63, 3.8) is 0 Å². The van der Waals surface area contributed by atoms with E-state index in [1.807, 2.05) is 18.2 Å². The maximum atomic E-state index is 12.9. The SMILES string of the molecule is C=C1CCC(N2Cc3cc(OC4CCCCC4N4CCCC4)ccc3C2=O)C(=O)N1. The monoisotopic (exact) mass is 409 g/mol. The molecule has 3 unspecified atom stereocenters. The van der Waals surface area contributed by atoms with Crippen molar-refractivity contribution < 1.29 is 14.3 Å². The molecule has 3 heterocycles. The Morgan fingerprint density at radius 1 is 1.03 bits per heavy atom. The molecule has 1 N–H and O–H groups in total. The molecule has 2 saturated heterocycles. The highest BCUT2D eigenvalue weighted by Crippen LogP contribution is 2.33. The molecule has 4 aliphatic rings. The predicted octanol–water partition coefficient (Wildman–Crippen LogP) is 3.22. The Bertz CT molecular complexity index is 861. The minimum absolute atomic E-state index is 0.0585. The number of carbonyl (C=O) groups excluding carboxylic acids is 2. The van der Waals surface area contributed by atoms with Crippen molar-refractivity contribution in [3.05, 3.63) is 41.6 Å². The number of piperidine rings is 1. The van der Waals surface area contributed by atoms with Gasteiger partial charge in [0.05, 0.1) is 0 Å². The molecule has 6 heteroatoms. The van der Waals surface area contributed by atoms with Gasteiger partial charge in [-0.25, -0.2) is 0 Å². The van der Waals surface area contributed by atoms with Crippen LogP contribution in [0.25, 0.3) is 0 Å². The number of carbonyl (C=O) groups is 2. The van der Waals surface area contributed by atoms with E-state index in [4.69, 9.17) is 4.74 Å². The summed E-state index contributed by atoms with van der Waals surface area (Å²) in [6.07, 6.45) is 8.96. The topological polar surface area (TPSA) is 61.9 Å². The van der Waals surface area contributed by atoms with Crippen molar-refractivity contribution in [2.45, 2.75) is 76.1 Å². The summed E-state index contributed by atoms with van der Waals surface area (Å²) in [6.45, 7) is 6.68. The molecule has 3 aliphatic heterocycles. The lowest BCUT2D eigenvalue weighted by Gasteiger charge is -2.37. The third-order valence-electron chi connectivity index (χ3n) is 7.17. The second-order valence-electron chi connectivity index (χ2n) is 9.15. The van der Waals surface area contributed by atoms with Gasteiger partial charge in [0.25, 0.3) is 5.91 Å². The Morgan fingerprint density at radius 3 is 2.63 bits per heavy atom. The van der Waals surface area contributed by atoms with Crippen molar-refractivity contribution in [1.29, 1.82) is 0 Å². The molecule has 3 atom stereocenters. The molecule has 0 bridgehead atoms. The molecule has 2 amide bonds. The summed E-state index contributed by atoms with van der Waals surface area (Å²) in [4.78, 5) is 29.6. The van der Waals surface area contributed by atoms with Gasteiger partial charge in [-0.3, -0.25) is 14.5 Å². The number of amides is 2. The van der Waals surface area contributed by atoms with Crippen LogP contribution in [0.4, 0.5) is 0 Å². The van der Waals surface area contributed by atoms with Crippen LogP contribution in [0.2, 0.25) is 0 Å². The maximum Gasteiger partial charge on any atom is 0.255 e. The molecular weight excluding hydrogens is 378 g/mol. The lowest BCUT2D eigenvalue weighted by molar-refractivity contribution is -0.126. The molecule has 1 aromatic rings. The first kappa shape index (κ1) is 19.6. The molecule has 30 heavy (non-hydrogen) atoms. The van der Waals surface area contributed by atoms with Crippen LogP contribution >= 0.6 is 0 Å². The molecule has 1 saturated carbocycles. The maximum absolute atomic E-state index is 12.9. The summed E-state index contributed by atoms with van der Waals surface area (Å²) >= 11 is 0. The number of ether oxygens (including phenoxy) is 1. The fraction of sp³-hybridized carbons (Fsp3) is 0.583. The Morgan fingerprint density at radius 2 is 1.83 bits per heavy atom. The van der Waals surface area contributed by atoms with E-state index in [0.717, 1.165) is 23.4 Å². The molecular formula is C24H31N3O3. The molecule has 0 radical (unpaired) electrons. The van der Waals surface area contributed by atoms with Crippen LogP contribution in [0.15, 0.2) is 30.5 Å². The van der Waals surface area contributed by atoms with Gasteiger partial charge in [-0.15, -0.1) is 0 Å². The van der Waals surface area contributed by atoms with Crippen molar-refractivity contribution >= 4 is 11.8 Å². The molecule has 5 rings (SSSR count). The Kier molecular flexibility index (Phi) is 5.27. The molecule has 0 aromatic heterocycles. The number of nitrogens with zero attached hydrogens (tertiary/aromatic N) is 2. The summed E-state index contributed by atoms with van der Waals surface area (Å²) in [5, 5.41) is 2.79. The lowest BCUT2D eigenvalue weighted by atomic mass is 9.91. The van der Waals surface area contributed by atoms with Gasteiger partial charge in [0.1, 0.15) is 17.9 Å². The number of hydrogen-bond donors (Lipinski definition) is 1. The zero-order valence-corrected chi connectivity index (χ0v) is 17.6. The largest absolute Gasteiger partial charge is 0.489 e. The van der Waals surface area contributed by atoms with E-state index in [0.29, 0.717) is 31.0 Å². The van der Waals surface area contributed by atoms with Crippen LogP contribution < -0.4 is 10.1 Å². The molecule has 1 aromatic carbocycles. The van der Waals surface area contributed by atoms with Crippen LogP contribution in [0.1, 0.15) is 67.3 Å². The average Bonchev–Trinajstić information content (AvgIpc) is 3.37. The standard InChI is InChI=1S/C24H31N3O3/c1-16-8-11-21(23(28)25-16)27-15-17-14-18(9-10-19(17)24(27)29)30-22-7-3-2-6-20(22)26-12-4-5-13-26/h9-10,14,20-22H,1-8,11-13,15H2,(H,25,28). The smallest absolute Gasteiger partial charge is 0.255 e. The zero-order chi connectivity index (χ0) is 20.7. The van der Waals surface area contributed by atoms with Crippen LogP contribution in [0.3, 0.4) is 0 Å². The third-order valence-corrected chi connectivity index (χ3v) is 7.17. The van der Waals surface area contributed by atoms with E-state index in [1.165, 1.54) is 45.2 Å². The van der Waals surface area contributed by atoms with Gasteiger partial charge < -0.3 is 15.0 Å². The lowest BCUT2D eigenvalue weighted by Crippen LogP contribution is -2.49.